The van der Waals surface area contributed by atoms with Crippen LogP contribution in [-0.4, -0.2) is 23.3 Å². The van der Waals surface area contributed by atoms with Gasteiger partial charge in [0.2, 0.25) is 5.91 Å². The summed E-state index contributed by atoms with van der Waals surface area (Å²) in [6, 6.07) is 9.70. The van der Waals surface area contributed by atoms with Crippen LogP contribution in [0.2, 0.25) is 0 Å². The number of hydrogen-bond donors (Lipinski definition) is 2. The number of nitro benzene ring substituents is 1. The maximum atomic E-state index is 12.1. The SMILES string of the molecule is Cc1c(NC(=O)COc2ccc3c(c2)CCC(=O)N3)cccc1[N+](=O)[O-]. The molecule has 1 heterocycles. The highest BCUT2D eigenvalue weighted by Gasteiger charge is 2.17. The van der Waals surface area contributed by atoms with Crippen molar-refractivity contribution in [3.63, 3.8) is 0 Å². The van der Waals surface area contributed by atoms with E-state index in [0.717, 1.165) is 11.3 Å². The van der Waals surface area contributed by atoms with Crippen LogP contribution in [0.4, 0.5) is 17.1 Å². The fraction of sp³-hybridized carbons (Fsp3) is 0.222. The molecule has 0 unspecified atom stereocenters. The van der Waals surface area contributed by atoms with Crippen LogP contribution in [0.5, 0.6) is 5.75 Å². The molecule has 0 atom stereocenters. The Hall–Kier alpha value is -3.42. The third-order valence-electron chi connectivity index (χ3n) is 4.12. The van der Waals surface area contributed by atoms with E-state index < -0.39 is 10.8 Å². The van der Waals surface area contributed by atoms with Gasteiger partial charge in [-0.3, -0.25) is 19.7 Å². The van der Waals surface area contributed by atoms with Gasteiger partial charge in [0.05, 0.1) is 16.2 Å². The van der Waals surface area contributed by atoms with Crippen molar-refractivity contribution in [1.82, 2.24) is 0 Å². The first-order valence-electron chi connectivity index (χ1n) is 8.03. The lowest BCUT2D eigenvalue weighted by Gasteiger charge is -2.17. The van der Waals surface area contributed by atoms with E-state index >= 15 is 0 Å². The molecule has 1 aliphatic heterocycles. The van der Waals surface area contributed by atoms with Crippen molar-refractivity contribution >= 4 is 28.9 Å². The molecule has 8 nitrogen and oxygen atoms in total. The van der Waals surface area contributed by atoms with Gasteiger partial charge < -0.3 is 15.4 Å². The van der Waals surface area contributed by atoms with Crippen molar-refractivity contribution in [1.29, 1.82) is 0 Å². The van der Waals surface area contributed by atoms with Gasteiger partial charge in [0.1, 0.15) is 5.75 Å². The largest absolute Gasteiger partial charge is 0.484 e. The summed E-state index contributed by atoms with van der Waals surface area (Å²) in [7, 11) is 0. The molecule has 26 heavy (non-hydrogen) atoms. The minimum atomic E-state index is -0.493. The second-order valence-corrected chi connectivity index (χ2v) is 5.91. The lowest BCUT2D eigenvalue weighted by molar-refractivity contribution is -0.385. The molecule has 1 aliphatic rings. The summed E-state index contributed by atoms with van der Waals surface area (Å²) in [5, 5.41) is 16.3. The van der Waals surface area contributed by atoms with Gasteiger partial charge in [-0.2, -0.15) is 0 Å². The van der Waals surface area contributed by atoms with Crippen molar-refractivity contribution in [2.45, 2.75) is 19.8 Å². The molecule has 0 saturated heterocycles. The van der Waals surface area contributed by atoms with Gasteiger partial charge in [-0.25, -0.2) is 0 Å². The lowest BCUT2D eigenvalue weighted by atomic mass is 10.0. The maximum absolute atomic E-state index is 12.1. The van der Waals surface area contributed by atoms with E-state index in [1.807, 2.05) is 0 Å². The zero-order valence-corrected chi connectivity index (χ0v) is 14.1. The number of nitro groups is 1. The average Bonchev–Trinajstić information content (AvgIpc) is 2.61. The zero-order valence-electron chi connectivity index (χ0n) is 14.1. The first-order chi connectivity index (χ1) is 12.4. The molecule has 134 valence electrons. The summed E-state index contributed by atoms with van der Waals surface area (Å²) in [6.45, 7) is 1.35. The number of benzene rings is 2. The number of nitrogens with one attached hydrogen (secondary N) is 2. The quantitative estimate of drug-likeness (QED) is 0.633. The van der Waals surface area contributed by atoms with Crippen LogP contribution in [0.25, 0.3) is 0 Å². The van der Waals surface area contributed by atoms with Crippen LogP contribution in [-0.2, 0) is 16.0 Å². The van der Waals surface area contributed by atoms with E-state index in [2.05, 4.69) is 10.6 Å². The molecular formula is C18H17N3O5. The van der Waals surface area contributed by atoms with Gasteiger partial charge in [0.25, 0.3) is 11.6 Å². The van der Waals surface area contributed by atoms with Crippen molar-refractivity contribution in [3.05, 3.63) is 57.6 Å². The molecule has 0 bridgehead atoms. The third-order valence-corrected chi connectivity index (χ3v) is 4.12. The molecule has 2 N–H and O–H groups in total. The van der Waals surface area contributed by atoms with Crippen LogP contribution in [0, 0.1) is 17.0 Å². The Bertz CT molecular complexity index is 894. The Morgan fingerprint density at radius 2 is 2.12 bits per heavy atom. The highest BCUT2D eigenvalue weighted by atomic mass is 16.6. The van der Waals surface area contributed by atoms with Gasteiger partial charge in [0.15, 0.2) is 6.61 Å². The Morgan fingerprint density at radius 3 is 2.88 bits per heavy atom. The summed E-state index contributed by atoms with van der Waals surface area (Å²) in [6.07, 6.45) is 1.04. The molecule has 8 heteroatoms. The number of hydrogen-bond acceptors (Lipinski definition) is 5. The number of ether oxygens (including phenoxy) is 1. The molecule has 2 aromatic rings. The molecule has 2 aromatic carbocycles. The Kier molecular flexibility index (Phi) is 4.83. The number of aryl methyl sites for hydroxylation is 1. The summed E-state index contributed by atoms with van der Waals surface area (Å²) < 4.78 is 5.49. The zero-order chi connectivity index (χ0) is 18.7. The predicted octanol–water partition coefficient (Wildman–Crippen LogP) is 2.81. The Morgan fingerprint density at radius 1 is 1.31 bits per heavy atom. The molecule has 0 saturated carbocycles. The number of carbonyl (C=O) groups is 2. The number of fused-ring (bicyclic) bond motifs is 1. The second-order valence-electron chi connectivity index (χ2n) is 5.91. The van der Waals surface area contributed by atoms with E-state index in [9.17, 15) is 19.7 Å². The average molecular weight is 355 g/mol. The molecule has 2 amide bonds. The highest BCUT2D eigenvalue weighted by molar-refractivity contribution is 5.94. The van der Waals surface area contributed by atoms with E-state index in [-0.39, 0.29) is 18.2 Å². The smallest absolute Gasteiger partial charge is 0.274 e. The van der Waals surface area contributed by atoms with Crippen molar-refractivity contribution in [2.75, 3.05) is 17.2 Å². The summed E-state index contributed by atoms with van der Waals surface area (Å²) in [4.78, 5) is 33.9. The maximum Gasteiger partial charge on any atom is 0.274 e. The number of nitrogens with zero attached hydrogens (tertiary/aromatic N) is 1. The van der Waals surface area contributed by atoms with Crippen LogP contribution < -0.4 is 15.4 Å². The minimum Gasteiger partial charge on any atom is -0.484 e. The normalized spacial score (nSPS) is 12.7. The second kappa shape index (κ2) is 7.22. The Balaban J connectivity index is 1.62. The number of amides is 2. The minimum absolute atomic E-state index is 0.0159. The first-order valence-corrected chi connectivity index (χ1v) is 8.03. The van der Waals surface area contributed by atoms with Gasteiger partial charge in [-0.05, 0) is 43.2 Å². The molecule has 0 radical (unpaired) electrons. The van der Waals surface area contributed by atoms with Crippen LogP contribution in [0.15, 0.2) is 36.4 Å². The Labute approximate surface area is 149 Å². The van der Waals surface area contributed by atoms with Crippen LogP contribution >= 0.6 is 0 Å². The number of rotatable bonds is 5. The van der Waals surface area contributed by atoms with Gasteiger partial charge >= 0.3 is 0 Å². The molecule has 0 aromatic heterocycles. The van der Waals surface area contributed by atoms with Gasteiger partial charge in [-0.1, -0.05) is 6.07 Å². The summed E-state index contributed by atoms with van der Waals surface area (Å²) in [5.41, 5.74) is 2.42. The van der Waals surface area contributed by atoms with E-state index in [1.54, 1.807) is 31.2 Å². The molecule has 0 spiro atoms. The highest BCUT2D eigenvalue weighted by Crippen LogP contribution is 2.27. The monoisotopic (exact) mass is 355 g/mol. The predicted molar refractivity (Wildman–Crippen MR) is 95.4 cm³/mol. The van der Waals surface area contributed by atoms with Crippen molar-refractivity contribution in [2.24, 2.45) is 0 Å². The van der Waals surface area contributed by atoms with Gasteiger partial charge in [0, 0.05) is 18.2 Å². The molecule has 0 fully saturated rings. The summed E-state index contributed by atoms with van der Waals surface area (Å²) >= 11 is 0. The standard InChI is InChI=1S/C18H17N3O5/c1-11-14(3-2-4-16(11)21(24)25)19-18(23)10-26-13-6-7-15-12(9-13)5-8-17(22)20-15/h2-4,6-7,9H,5,8,10H2,1H3,(H,19,23)(H,20,22). The lowest BCUT2D eigenvalue weighted by Crippen LogP contribution is -2.21. The van der Waals surface area contributed by atoms with Crippen LogP contribution in [0.1, 0.15) is 17.5 Å². The first kappa shape index (κ1) is 17.4. The summed E-state index contributed by atoms with van der Waals surface area (Å²) in [5.74, 6) is 0.0864. The topological polar surface area (TPSA) is 111 Å². The molecule has 3 rings (SSSR count). The third kappa shape index (κ3) is 3.80. The van der Waals surface area contributed by atoms with Gasteiger partial charge in [-0.15, -0.1) is 0 Å². The number of anilines is 2. The van der Waals surface area contributed by atoms with Crippen LogP contribution in [0.3, 0.4) is 0 Å². The van der Waals surface area contributed by atoms with E-state index in [4.69, 9.17) is 4.74 Å². The fourth-order valence-electron chi connectivity index (χ4n) is 2.74. The molecular weight excluding hydrogens is 338 g/mol. The number of carbonyl (C=O) groups excluding carboxylic acids is 2. The van der Waals surface area contributed by atoms with Crippen molar-refractivity contribution < 1.29 is 19.2 Å². The van der Waals surface area contributed by atoms with Crippen molar-refractivity contribution in [3.8, 4) is 5.75 Å². The fourth-order valence-corrected chi connectivity index (χ4v) is 2.74. The van der Waals surface area contributed by atoms with E-state index in [1.165, 1.54) is 12.1 Å². The van der Waals surface area contributed by atoms with E-state index in [0.29, 0.717) is 29.8 Å². The molecule has 0 aliphatic carbocycles.